The lowest BCUT2D eigenvalue weighted by Gasteiger charge is -2.46. The fraction of sp³-hybridized carbons (Fsp3) is 0.471. The van der Waals surface area contributed by atoms with E-state index in [1.54, 1.807) is 34.0 Å². The molecule has 10 heterocycles. The van der Waals surface area contributed by atoms with Gasteiger partial charge in [0.25, 0.3) is 0 Å². The van der Waals surface area contributed by atoms with Crippen LogP contribution in [0.4, 0.5) is 0 Å². The van der Waals surface area contributed by atoms with Crippen LogP contribution >= 0.6 is 69.3 Å². The second kappa shape index (κ2) is 25.5. The number of rotatable bonds is 7. The molecule has 13 rings (SSSR count). The molecule has 6 N–H and O–H groups in total. The number of nitrogens with zero attached hydrogens (tertiary/aromatic N) is 7. The minimum Gasteiger partial charge on any atom is -0.378 e. The lowest BCUT2D eigenvalue weighted by Crippen LogP contribution is -2.52. The van der Waals surface area contributed by atoms with Gasteiger partial charge in [0.1, 0.15) is 0 Å². The van der Waals surface area contributed by atoms with Crippen LogP contribution in [0, 0.1) is 35.5 Å². The zero-order valence-corrected chi connectivity index (χ0v) is 54.4. The van der Waals surface area contributed by atoms with E-state index < -0.39 is 0 Å². The lowest BCUT2D eigenvalue weighted by atomic mass is 9.78. The highest BCUT2D eigenvalue weighted by Gasteiger charge is 2.54. The molecule has 0 aromatic carbocycles. The molecule has 10 nitrogen and oxygen atoms in total. The fourth-order valence-corrected chi connectivity index (χ4v) is 22.2. The van der Waals surface area contributed by atoms with Gasteiger partial charge in [-0.1, -0.05) is 91.6 Å². The number of thiophene rings is 3. The fourth-order valence-electron chi connectivity index (χ4n) is 14.4. The van der Waals surface area contributed by atoms with Crippen LogP contribution < -0.4 is 17.2 Å². The van der Waals surface area contributed by atoms with Gasteiger partial charge in [0.2, 0.25) is 0 Å². The van der Waals surface area contributed by atoms with Gasteiger partial charge in [-0.2, -0.15) is 0 Å². The first-order valence-electron chi connectivity index (χ1n) is 29.8. The normalized spacial score (nSPS) is 26.6. The highest BCUT2D eigenvalue weighted by molar-refractivity contribution is 8.15. The number of aliphatic imine (C=N–C) groups is 3. The van der Waals surface area contributed by atoms with Crippen molar-refractivity contribution in [2.75, 3.05) is 13.1 Å². The molecule has 4 aliphatic heterocycles. The Hall–Kier alpha value is -5.35. The molecule has 7 aliphatic rings. The summed E-state index contributed by atoms with van der Waals surface area (Å²) in [6.07, 6.45) is 32.5. The molecule has 3 aliphatic carbocycles. The molecule has 6 aromatic rings. The molecule has 5 atom stereocenters. The third kappa shape index (κ3) is 13.3. The Morgan fingerprint density at radius 2 is 0.821 bits per heavy atom. The zero-order valence-electron chi connectivity index (χ0n) is 49.5. The third-order valence-corrected chi connectivity index (χ3v) is 25.4. The standard InChI is InChI=1S/C25H30N4S2.C22H25N3S2.C21H23N3S2/c1-3-7-18-12-19(15-27-14-18)20-13-22(30-16-20)24(2)17-25(31-23(26)28-24)9-6-8-21(25)29-10-4-5-11-29;1-3-7-16-10-17(13-24-12-16)18-11-19(26-14-18)21(2)15-22(27-20(23)25-21)8-5-4-6-9-22;1-3-6-15-9-16(12-23-11-15)17-10-18(25-13-17)20(2)14-21(7-4-5-8-21)26-19(22)24-20/h12-16,21H,4-6,8-11,17H2,1-2H3,(H2,26,28);10-14H,4-6,8-9,15H2,1-2H3,(H2,23,25);9-13H,4-5,7-8,14H2,1-2H3,(H2,22,24)/t;21-;20-/m.00/s1. The third-order valence-electron chi connectivity index (χ3n) is 18.0. The summed E-state index contributed by atoms with van der Waals surface area (Å²) < 4.78 is 0.733. The van der Waals surface area contributed by atoms with Gasteiger partial charge >= 0.3 is 0 Å². The summed E-state index contributed by atoms with van der Waals surface area (Å²) in [5, 5.41) is 8.90. The molecular formula is C68H78N10S6. The second-order valence-electron chi connectivity index (χ2n) is 24.5. The molecule has 4 fully saturated rings. The average Bonchev–Trinajstić information content (AvgIpc) is 2.76. The lowest BCUT2D eigenvalue weighted by molar-refractivity contribution is 0.192. The molecule has 3 unspecified atom stereocenters. The Kier molecular flexibility index (Phi) is 18.3. The van der Waals surface area contributed by atoms with Gasteiger partial charge < -0.3 is 17.2 Å². The molecule has 1 saturated heterocycles. The van der Waals surface area contributed by atoms with Gasteiger partial charge in [-0.3, -0.25) is 34.8 Å². The van der Waals surface area contributed by atoms with Crippen LogP contribution in [0.3, 0.4) is 0 Å². The molecule has 3 spiro atoms. The number of hydrogen-bond acceptors (Lipinski definition) is 16. The van der Waals surface area contributed by atoms with E-state index in [4.69, 9.17) is 32.2 Å². The van der Waals surface area contributed by atoms with E-state index in [9.17, 15) is 0 Å². The van der Waals surface area contributed by atoms with Crippen LogP contribution in [0.2, 0.25) is 0 Å². The molecule has 3 saturated carbocycles. The summed E-state index contributed by atoms with van der Waals surface area (Å²) in [6.45, 7) is 14.8. The van der Waals surface area contributed by atoms with Crippen LogP contribution in [0.1, 0.15) is 182 Å². The largest absolute Gasteiger partial charge is 0.378 e. The first-order chi connectivity index (χ1) is 40.5. The van der Waals surface area contributed by atoms with Crippen LogP contribution in [-0.4, -0.2) is 68.7 Å². The van der Waals surface area contributed by atoms with Crippen molar-refractivity contribution in [1.82, 2.24) is 19.9 Å². The van der Waals surface area contributed by atoms with E-state index in [0.717, 1.165) is 68.1 Å². The Labute approximate surface area is 523 Å². The molecule has 0 radical (unpaired) electrons. The van der Waals surface area contributed by atoms with E-state index in [0.29, 0.717) is 6.04 Å². The van der Waals surface area contributed by atoms with Crippen molar-refractivity contribution >= 4 is 84.8 Å². The Bertz CT molecular complexity index is 3650. The van der Waals surface area contributed by atoms with Gasteiger partial charge in [-0.25, -0.2) is 0 Å². The average molecular weight is 1230 g/mol. The topological polar surface area (TPSA) is 157 Å². The maximum Gasteiger partial charge on any atom is 0.155 e. The van der Waals surface area contributed by atoms with Crippen molar-refractivity contribution < 1.29 is 0 Å². The predicted octanol–water partition coefficient (Wildman–Crippen LogP) is 15.9. The Morgan fingerprint density at radius 1 is 0.440 bits per heavy atom. The number of pyridine rings is 3. The van der Waals surface area contributed by atoms with Crippen LogP contribution in [0.5, 0.6) is 0 Å². The quantitative estimate of drug-likeness (QED) is 0.131. The van der Waals surface area contributed by atoms with Crippen molar-refractivity contribution in [2.24, 2.45) is 32.2 Å². The zero-order chi connectivity index (χ0) is 58.6. The summed E-state index contributed by atoms with van der Waals surface area (Å²) >= 11 is 10.9. The van der Waals surface area contributed by atoms with Gasteiger partial charge in [-0.15, -0.1) is 51.8 Å². The second-order valence-corrected chi connectivity index (χ2v) is 31.6. The van der Waals surface area contributed by atoms with E-state index in [1.807, 2.05) is 93.2 Å². The predicted molar refractivity (Wildman–Crippen MR) is 362 cm³/mol. The number of hydrogen-bond donors (Lipinski definition) is 3. The van der Waals surface area contributed by atoms with Crippen LogP contribution in [0.15, 0.2) is 105 Å². The molecule has 436 valence electrons. The van der Waals surface area contributed by atoms with Crippen molar-refractivity contribution in [3.05, 3.63) is 121 Å². The molecule has 0 bridgehead atoms. The molecule has 6 aromatic heterocycles. The minimum atomic E-state index is -0.269. The van der Waals surface area contributed by atoms with E-state index >= 15 is 0 Å². The molecule has 84 heavy (non-hydrogen) atoms. The van der Waals surface area contributed by atoms with Crippen molar-refractivity contribution in [2.45, 2.75) is 188 Å². The Balaban J connectivity index is 0.000000132. The highest BCUT2D eigenvalue weighted by atomic mass is 32.2. The number of nitrogens with two attached hydrogens (primary N) is 3. The van der Waals surface area contributed by atoms with Gasteiger partial charge in [-0.05, 0) is 194 Å². The number of likely N-dealkylation sites (tertiary alicyclic amines) is 1. The summed E-state index contributed by atoms with van der Waals surface area (Å²) in [5.74, 6) is 18.1. The van der Waals surface area contributed by atoms with Crippen molar-refractivity contribution in [3.8, 4) is 68.9 Å². The van der Waals surface area contributed by atoms with Gasteiger partial charge in [0, 0.05) is 105 Å². The molecule has 0 amide bonds. The van der Waals surface area contributed by atoms with Crippen LogP contribution in [-0.2, 0) is 16.6 Å². The summed E-state index contributed by atoms with van der Waals surface area (Å²) in [4.78, 5) is 34.5. The summed E-state index contributed by atoms with van der Waals surface area (Å²) in [7, 11) is 0. The van der Waals surface area contributed by atoms with E-state index in [2.05, 4.69) is 129 Å². The Morgan fingerprint density at radius 3 is 1.23 bits per heavy atom. The molecule has 16 heteroatoms. The first-order valence-corrected chi connectivity index (χ1v) is 34.9. The van der Waals surface area contributed by atoms with Crippen molar-refractivity contribution in [3.63, 3.8) is 0 Å². The first kappa shape index (κ1) is 60.3. The van der Waals surface area contributed by atoms with Gasteiger partial charge in [0.05, 0.1) is 16.6 Å². The summed E-state index contributed by atoms with van der Waals surface area (Å²) in [6, 6.07) is 13.8. The van der Waals surface area contributed by atoms with Crippen molar-refractivity contribution in [1.29, 1.82) is 0 Å². The minimum absolute atomic E-state index is 0.188. The number of amidine groups is 3. The van der Waals surface area contributed by atoms with E-state index in [-0.39, 0.29) is 30.9 Å². The number of aromatic nitrogens is 3. The van der Waals surface area contributed by atoms with Crippen LogP contribution in [0.25, 0.3) is 33.4 Å². The smallest absolute Gasteiger partial charge is 0.155 e. The van der Waals surface area contributed by atoms with Gasteiger partial charge in [0.15, 0.2) is 15.5 Å². The summed E-state index contributed by atoms with van der Waals surface area (Å²) in [5.41, 5.74) is 28.1. The number of thioether (sulfide) groups is 3. The van der Waals surface area contributed by atoms with E-state index in [1.165, 1.54) is 134 Å². The maximum absolute atomic E-state index is 6.51. The SMILES string of the molecule is CC#Cc1cncc(-c2csc(C3(C)CC4(CCCC4N4CCCC4)SC(N)=N3)c2)c1.CC#Cc1cncc(-c2csc([C@]3(C)CC4(CCCC4)SC(N)=N3)c2)c1.CC#Cc1cncc(-c2csc([C@]3(C)CC4(CCCCC4)SC(N)=N3)c2)c1. The molecular weight excluding hydrogens is 1150 g/mol. The highest BCUT2D eigenvalue weighted by Crippen LogP contribution is 2.58. The monoisotopic (exact) mass is 1230 g/mol. The maximum atomic E-state index is 6.51.